The van der Waals surface area contributed by atoms with Crippen molar-refractivity contribution >= 4 is 5.97 Å². The van der Waals surface area contributed by atoms with E-state index in [9.17, 15) is 4.79 Å². The summed E-state index contributed by atoms with van der Waals surface area (Å²) in [4.78, 5) is 12.4. The Morgan fingerprint density at radius 1 is 0.828 bits per heavy atom. The summed E-state index contributed by atoms with van der Waals surface area (Å²) < 4.78 is 17.4. The van der Waals surface area contributed by atoms with Gasteiger partial charge in [0.1, 0.15) is 6.10 Å². The molecule has 2 rings (SSSR count). The molecule has 0 bridgehead atoms. The van der Waals surface area contributed by atoms with Gasteiger partial charge in [0.25, 0.3) is 0 Å². The molecule has 2 aliphatic heterocycles. The van der Waals surface area contributed by atoms with Crippen LogP contribution in [0.2, 0.25) is 0 Å². The summed E-state index contributed by atoms with van der Waals surface area (Å²) in [7, 11) is 0. The zero-order chi connectivity index (χ0) is 20.6. The van der Waals surface area contributed by atoms with Gasteiger partial charge in [0, 0.05) is 19.6 Å². The first-order valence-electron chi connectivity index (χ1n) is 12.7. The molecule has 0 unspecified atom stereocenters. The third-order valence-electron chi connectivity index (χ3n) is 6.45. The quantitative estimate of drug-likeness (QED) is 0.197. The lowest BCUT2D eigenvalue weighted by Crippen LogP contribution is -2.22. The summed E-state index contributed by atoms with van der Waals surface area (Å²) in [6, 6.07) is 0. The standard InChI is InChI=1S/C25H46O4/c1-2-3-4-5-6-7-8-9-10-15-25(26)29-24(18-16-22-13-11-20-27-22)19-17-23-14-12-21-28-23/h22-24H,2-21H2,1H3/t22-,23-/m1/s1. The van der Waals surface area contributed by atoms with Crippen LogP contribution < -0.4 is 0 Å². The molecule has 170 valence electrons. The molecule has 29 heavy (non-hydrogen) atoms. The zero-order valence-electron chi connectivity index (χ0n) is 19.0. The Morgan fingerprint density at radius 3 is 1.83 bits per heavy atom. The number of carbonyl (C=O) groups excluding carboxylic acids is 1. The van der Waals surface area contributed by atoms with Crippen LogP contribution in [0.1, 0.15) is 122 Å². The molecule has 2 heterocycles. The highest BCUT2D eigenvalue weighted by Gasteiger charge is 2.23. The van der Waals surface area contributed by atoms with E-state index in [0.717, 1.165) is 64.6 Å². The van der Waals surface area contributed by atoms with Crippen LogP contribution in [0, 0.1) is 0 Å². The van der Waals surface area contributed by atoms with E-state index in [1.807, 2.05) is 0 Å². The molecule has 2 atom stereocenters. The Kier molecular flexibility index (Phi) is 13.7. The molecule has 2 saturated heterocycles. The topological polar surface area (TPSA) is 44.8 Å². The average Bonchev–Trinajstić information content (AvgIpc) is 3.43. The predicted molar refractivity (Wildman–Crippen MR) is 118 cm³/mol. The van der Waals surface area contributed by atoms with Gasteiger partial charge in [-0.3, -0.25) is 4.79 Å². The first kappa shape index (κ1) is 24.7. The van der Waals surface area contributed by atoms with Crippen molar-refractivity contribution in [2.75, 3.05) is 13.2 Å². The number of carbonyl (C=O) groups is 1. The Bertz CT molecular complexity index is 380. The van der Waals surface area contributed by atoms with Crippen molar-refractivity contribution in [3.8, 4) is 0 Å². The van der Waals surface area contributed by atoms with Crippen molar-refractivity contribution in [3.05, 3.63) is 0 Å². The molecule has 0 amide bonds. The van der Waals surface area contributed by atoms with Crippen LogP contribution >= 0.6 is 0 Å². The third-order valence-corrected chi connectivity index (χ3v) is 6.45. The fourth-order valence-corrected chi connectivity index (χ4v) is 4.57. The van der Waals surface area contributed by atoms with E-state index >= 15 is 0 Å². The SMILES string of the molecule is CCCCCCCCCCCC(=O)OC(CC[C@H]1CCCO1)CC[C@H]1CCCO1. The van der Waals surface area contributed by atoms with Gasteiger partial charge >= 0.3 is 5.97 Å². The Balaban J connectivity index is 1.56. The normalized spacial score (nSPS) is 21.9. The summed E-state index contributed by atoms with van der Waals surface area (Å²) >= 11 is 0. The highest BCUT2D eigenvalue weighted by molar-refractivity contribution is 5.69. The lowest BCUT2D eigenvalue weighted by molar-refractivity contribution is -0.150. The van der Waals surface area contributed by atoms with E-state index in [0.29, 0.717) is 18.6 Å². The molecule has 4 nitrogen and oxygen atoms in total. The second kappa shape index (κ2) is 16.1. The first-order chi connectivity index (χ1) is 14.3. The molecule has 0 N–H and O–H groups in total. The fraction of sp³-hybridized carbons (Fsp3) is 0.960. The molecular weight excluding hydrogens is 364 g/mol. The van der Waals surface area contributed by atoms with Crippen molar-refractivity contribution in [2.24, 2.45) is 0 Å². The van der Waals surface area contributed by atoms with Gasteiger partial charge in [0.2, 0.25) is 0 Å². The summed E-state index contributed by atoms with van der Waals surface area (Å²) in [5.74, 6) is -0.00220. The largest absolute Gasteiger partial charge is 0.462 e. The van der Waals surface area contributed by atoms with Gasteiger partial charge in [-0.25, -0.2) is 0 Å². The van der Waals surface area contributed by atoms with Crippen molar-refractivity contribution in [3.63, 3.8) is 0 Å². The van der Waals surface area contributed by atoms with Crippen LogP contribution in [0.15, 0.2) is 0 Å². The summed E-state index contributed by atoms with van der Waals surface area (Å²) in [6.45, 7) is 4.04. The van der Waals surface area contributed by atoms with Gasteiger partial charge in [-0.2, -0.15) is 0 Å². The molecule has 0 aromatic heterocycles. The second-order valence-corrected chi connectivity index (χ2v) is 9.12. The van der Waals surface area contributed by atoms with E-state index in [-0.39, 0.29) is 12.1 Å². The minimum Gasteiger partial charge on any atom is -0.462 e. The van der Waals surface area contributed by atoms with Crippen LogP contribution in [0.3, 0.4) is 0 Å². The molecular formula is C25H46O4. The van der Waals surface area contributed by atoms with Gasteiger partial charge in [0.15, 0.2) is 0 Å². The number of esters is 1. The van der Waals surface area contributed by atoms with E-state index in [4.69, 9.17) is 14.2 Å². The van der Waals surface area contributed by atoms with Gasteiger partial charge in [0.05, 0.1) is 12.2 Å². The molecule has 0 aromatic rings. The molecule has 4 heteroatoms. The number of hydrogen-bond donors (Lipinski definition) is 0. The Hall–Kier alpha value is -0.610. The third kappa shape index (κ3) is 12.0. The van der Waals surface area contributed by atoms with Crippen LogP contribution in [-0.4, -0.2) is 37.5 Å². The van der Waals surface area contributed by atoms with Crippen molar-refractivity contribution in [1.29, 1.82) is 0 Å². The zero-order valence-corrected chi connectivity index (χ0v) is 19.0. The summed E-state index contributed by atoms with van der Waals surface area (Å²) in [5.41, 5.74) is 0. The second-order valence-electron chi connectivity index (χ2n) is 9.12. The lowest BCUT2D eigenvalue weighted by atomic mass is 10.0. The fourth-order valence-electron chi connectivity index (χ4n) is 4.57. The highest BCUT2D eigenvalue weighted by Crippen LogP contribution is 2.24. The molecule has 0 aromatic carbocycles. The maximum atomic E-state index is 12.4. The van der Waals surface area contributed by atoms with E-state index in [2.05, 4.69) is 6.92 Å². The number of rotatable bonds is 17. The number of hydrogen-bond acceptors (Lipinski definition) is 4. The van der Waals surface area contributed by atoms with Crippen molar-refractivity contribution in [2.45, 2.75) is 141 Å². The molecule has 0 aliphatic carbocycles. The van der Waals surface area contributed by atoms with Crippen LogP contribution in [0.5, 0.6) is 0 Å². The van der Waals surface area contributed by atoms with Gasteiger partial charge in [-0.1, -0.05) is 58.3 Å². The summed E-state index contributed by atoms with van der Waals surface area (Å²) in [5, 5.41) is 0. The number of unbranched alkanes of at least 4 members (excludes halogenated alkanes) is 8. The maximum absolute atomic E-state index is 12.4. The van der Waals surface area contributed by atoms with E-state index < -0.39 is 0 Å². The molecule has 0 spiro atoms. The van der Waals surface area contributed by atoms with Gasteiger partial charge in [-0.15, -0.1) is 0 Å². The first-order valence-corrected chi connectivity index (χ1v) is 12.7. The molecule has 0 radical (unpaired) electrons. The van der Waals surface area contributed by atoms with Crippen LogP contribution in [0.4, 0.5) is 0 Å². The summed E-state index contributed by atoms with van der Waals surface area (Å²) in [6.07, 6.45) is 21.4. The van der Waals surface area contributed by atoms with Gasteiger partial charge < -0.3 is 14.2 Å². The Labute approximate surface area is 179 Å². The minimum atomic E-state index is -0.00220. The molecule has 0 saturated carbocycles. The predicted octanol–water partition coefficient (Wildman–Crippen LogP) is 6.74. The van der Waals surface area contributed by atoms with Crippen molar-refractivity contribution in [1.82, 2.24) is 0 Å². The smallest absolute Gasteiger partial charge is 0.306 e. The highest BCUT2D eigenvalue weighted by atomic mass is 16.5. The van der Waals surface area contributed by atoms with E-state index in [1.54, 1.807) is 0 Å². The van der Waals surface area contributed by atoms with Crippen LogP contribution in [0.25, 0.3) is 0 Å². The minimum absolute atomic E-state index is 0.00220. The van der Waals surface area contributed by atoms with Gasteiger partial charge in [-0.05, 0) is 57.8 Å². The average molecular weight is 411 g/mol. The monoisotopic (exact) mass is 410 g/mol. The lowest BCUT2D eigenvalue weighted by Gasteiger charge is -2.21. The maximum Gasteiger partial charge on any atom is 0.306 e. The van der Waals surface area contributed by atoms with Crippen LogP contribution in [-0.2, 0) is 19.0 Å². The number of ether oxygens (including phenoxy) is 3. The Morgan fingerprint density at radius 2 is 1.34 bits per heavy atom. The molecule has 2 fully saturated rings. The van der Waals surface area contributed by atoms with E-state index in [1.165, 1.54) is 57.8 Å². The van der Waals surface area contributed by atoms with Crippen molar-refractivity contribution < 1.29 is 19.0 Å². The molecule has 2 aliphatic rings.